The van der Waals surface area contributed by atoms with Crippen LogP contribution in [0.1, 0.15) is 26.3 Å². The molecule has 0 radical (unpaired) electrons. The lowest BCUT2D eigenvalue weighted by Gasteiger charge is -2.34. The number of hydrogen-bond acceptors (Lipinski definition) is 7. The summed E-state index contributed by atoms with van der Waals surface area (Å²) in [6, 6.07) is 4.23. The van der Waals surface area contributed by atoms with Crippen molar-refractivity contribution in [1.82, 2.24) is 4.90 Å². The van der Waals surface area contributed by atoms with Gasteiger partial charge >= 0.3 is 6.09 Å². The second kappa shape index (κ2) is 8.41. The van der Waals surface area contributed by atoms with E-state index in [1.165, 1.54) is 11.0 Å². The number of rotatable bonds is 4. The van der Waals surface area contributed by atoms with Crippen LogP contribution in [0.2, 0.25) is 5.02 Å². The Morgan fingerprint density at radius 2 is 2.22 bits per heavy atom. The minimum atomic E-state index is -0.683. The standard InChI is InChI=1S/C17H20ClN3O6/c1-17(2,3)27-16(22)20-4-5-25-12(9-20)10-26-14-7-11(8-19)6-13(15(14)18)21(23)24/h6-7,12H,4-5,9-10H2,1-3H3. The maximum Gasteiger partial charge on any atom is 0.410 e. The van der Waals surface area contributed by atoms with Gasteiger partial charge in [0.2, 0.25) is 0 Å². The van der Waals surface area contributed by atoms with E-state index in [4.69, 9.17) is 31.1 Å². The number of morpholine rings is 1. The number of carbonyl (C=O) groups excluding carboxylic acids is 1. The van der Waals surface area contributed by atoms with Crippen LogP contribution in [0.5, 0.6) is 5.75 Å². The molecule has 1 aromatic carbocycles. The molecule has 10 heteroatoms. The Morgan fingerprint density at radius 1 is 1.52 bits per heavy atom. The summed E-state index contributed by atoms with van der Waals surface area (Å²) in [5.41, 5.74) is -0.960. The molecule has 1 heterocycles. The zero-order valence-electron chi connectivity index (χ0n) is 15.2. The molecule has 0 N–H and O–H groups in total. The zero-order chi connectivity index (χ0) is 20.2. The highest BCUT2D eigenvalue weighted by atomic mass is 35.5. The fourth-order valence-corrected chi connectivity index (χ4v) is 2.61. The quantitative estimate of drug-likeness (QED) is 0.566. The summed E-state index contributed by atoms with van der Waals surface area (Å²) in [5.74, 6) is 0.0143. The summed E-state index contributed by atoms with van der Waals surface area (Å²) in [5, 5.41) is 19.9. The molecule has 1 atom stereocenters. The van der Waals surface area contributed by atoms with Crippen LogP contribution in [0, 0.1) is 21.4 Å². The van der Waals surface area contributed by atoms with E-state index >= 15 is 0 Å². The molecule has 1 amide bonds. The third-order valence-corrected chi connectivity index (χ3v) is 3.94. The van der Waals surface area contributed by atoms with E-state index < -0.39 is 28.4 Å². The second-order valence-electron chi connectivity index (χ2n) is 6.91. The summed E-state index contributed by atoms with van der Waals surface area (Å²) < 4.78 is 16.5. The monoisotopic (exact) mass is 397 g/mol. The molecule has 1 fully saturated rings. The summed E-state index contributed by atoms with van der Waals surface area (Å²) in [6.45, 7) is 6.29. The molecule has 1 aromatic rings. The van der Waals surface area contributed by atoms with Gasteiger partial charge in [-0.15, -0.1) is 0 Å². The van der Waals surface area contributed by atoms with Crippen molar-refractivity contribution >= 4 is 23.4 Å². The maximum atomic E-state index is 12.2. The smallest absolute Gasteiger partial charge is 0.410 e. The average Bonchev–Trinajstić information content (AvgIpc) is 2.59. The Bertz CT molecular complexity index is 771. The van der Waals surface area contributed by atoms with Crippen molar-refractivity contribution < 1.29 is 23.9 Å². The second-order valence-corrected chi connectivity index (χ2v) is 7.28. The highest BCUT2D eigenvalue weighted by Crippen LogP contribution is 2.35. The number of carbonyl (C=O) groups is 1. The highest BCUT2D eigenvalue weighted by molar-refractivity contribution is 6.34. The number of benzene rings is 1. The maximum absolute atomic E-state index is 12.2. The fraction of sp³-hybridized carbons (Fsp3) is 0.529. The Hall–Kier alpha value is -2.57. The zero-order valence-corrected chi connectivity index (χ0v) is 16.0. The number of nitrogens with zero attached hydrogens (tertiary/aromatic N) is 3. The van der Waals surface area contributed by atoms with Crippen LogP contribution in [0.3, 0.4) is 0 Å². The van der Waals surface area contributed by atoms with Gasteiger partial charge in [0.1, 0.15) is 24.1 Å². The van der Waals surface area contributed by atoms with Crippen LogP contribution in [-0.2, 0) is 9.47 Å². The van der Waals surface area contributed by atoms with Gasteiger partial charge < -0.3 is 19.1 Å². The van der Waals surface area contributed by atoms with Crippen LogP contribution in [0.25, 0.3) is 0 Å². The minimum absolute atomic E-state index is 0.00501. The Labute approximate surface area is 161 Å². The van der Waals surface area contributed by atoms with Crippen molar-refractivity contribution in [3.8, 4) is 11.8 Å². The molecule has 146 valence electrons. The lowest BCUT2D eigenvalue weighted by Crippen LogP contribution is -2.49. The van der Waals surface area contributed by atoms with Crippen molar-refractivity contribution in [1.29, 1.82) is 5.26 Å². The third-order valence-electron chi connectivity index (χ3n) is 3.56. The van der Waals surface area contributed by atoms with E-state index in [0.29, 0.717) is 13.2 Å². The van der Waals surface area contributed by atoms with E-state index in [0.717, 1.165) is 6.07 Å². The Morgan fingerprint density at radius 3 is 2.81 bits per heavy atom. The molecule has 27 heavy (non-hydrogen) atoms. The number of ether oxygens (including phenoxy) is 3. The normalized spacial score (nSPS) is 17.1. The van der Waals surface area contributed by atoms with Crippen molar-refractivity contribution in [2.45, 2.75) is 32.5 Å². The van der Waals surface area contributed by atoms with E-state index in [-0.39, 0.29) is 29.5 Å². The molecule has 0 bridgehead atoms. The number of amides is 1. The summed E-state index contributed by atoms with van der Waals surface area (Å²) in [7, 11) is 0. The van der Waals surface area contributed by atoms with Gasteiger partial charge in [-0.1, -0.05) is 11.6 Å². The van der Waals surface area contributed by atoms with Gasteiger partial charge in [-0.3, -0.25) is 10.1 Å². The number of nitro benzene ring substituents is 1. The van der Waals surface area contributed by atoms with Crippen molar-refractivity contribution in [3.63, 3.8) is 0 Å². The molecular formula is C17H20ClN3O6. The van der Waals surface area contributed by atoms with Crippen LogP contribution in [-0.4, -0.2) is 53.9 Å². The van der Waals surface area contributed by atoms with Crippen molar-refractivity contribution in [2.75, 3.05) is 26.3 Å². The lowest BCUT2D eigenvalue weighted by atomic mass is 10.2. The SMILES string of the molecule is CC(C)(C)OC(=O)N1CCOC(COc2cc(C#N)cc([N+](=O)[O-])c2Cl)C1. The van der Waals surface area contributed by atoms with Gasteiger partial charge in [0, 0.05) is 12.6 Å². The Balaban J connectivity index is 2.04. The summed E-state index contributed by atoms with van der Waals surface area (Å²) >= 11 is 6.00. The number of halogens is 1. The summed E-state index contributed by atoms with van der Waals surface area (Å²) in [6.07, 6.45) is -0.914. The fourth-order valence-electron chi connectivity index (χ4n) is 2.38. The van der Waals surface area contributed by atoms with Crippen molar-refractivity contribution in [3.05, 3.63) is 32.8 Å². The predicted molar refractivity (Wildman–Crippen MR) is 95.9 cm³/mol. The topological polar surface area (TPSA) is 115 Å². The first-order valence-electron chi connectivity index (χ1n) is 8.21. The lowest BCUT2D eigenvalue weighted by molar-refractivity contribution is -0.384. The number of nitro groups is 1. The van der Waals surface area contributed by atoms with Gasteiger partial charge in [-0.25, -0.2) is 4.79 Å². The molecule has 1 saturated heterocycles. The van der Waals surface area contributed by atoms with Gasteiger partial charge in [0.05, 0.1) is 29.7 Å². The van der Waals surface area contributed by atoms with Gasteiger partial charge in [0.25, 0.3) is 5.69 Å². The third kappa shape index (κ3) is 5.70. The molecular weight excluding hydrogens is 378 g/mol. The van der Waals surface area contributed by atoms with Crippen molar-refractivity contribution in [2.24, 2.45) is 0 Å². The molecule has 0 spiro atoms. The molecule has 0 saturated carbocycles. The molecule has 1 aliphatic heterocycles. The van der Waals surface area contributed by atoms with E-state index in [1.54, 1.807) is 20.8 Å². The first-order chi connectivity index (χ1) is 12.6. The van der Waals surface area contributed by atoms with E-state index in [2.05, 4.69) is 0 Å². The van der Waals surface area contributed by atoms with Crippen LogP contribution < -0.4 is 4.74 Å². The molecule has 9 nitrogen and oxygen atoms in total. The number of nitriles is 1. The largest absolute Gasteiger partial charge is 0.489 e. The van der Waals surface area contributed by atoms with Gasteiger partial charge in [-0.05, 0) is 26.8 Å². The number of hydrogen-bond donors (Lipinski definition) is 0. The predicted octanol–water partition coefficient (Wildman–Crippen LogP) is 3.13. The molecule has 1 aliphatic rings. The van der Waals surface area contributed by atoms with E-state index in [9.17, 15) is 14.9 Å². The highest BCUT2D eigenvalue weighted by Gasteiger charge is 2.29. The molecule has 0 aliphatic carbocycles. The van der Waals surface area contributed by atoms with Crippen LogP contribution >= 0.6 is 11.6 Å². The molecule has 2 rings (SSSR count). The first kappa shape index (κ1) is 20.7. The molecule has 0 aromatic heterocycles. The minimum Gasteiger partial charge on any atom is -0.489 e. The van der Waals surface area contributed by atoms with Crippen LogP contribution in [0.15, 0.2) is 12.1 Å². The van der Waals surface area contributed by atoms with Gasteiger partial charge in [-0.2, -0.15) is 5.26 Å². The van der Waals surface area contributed by atoms with Crippen LogP contribution in [0.4, 0.5) is 10.5 Å². The average molecular weight is 398 g/mol. The van der Waals surface area contributed by atoms with Gasteiger partial charge in [0.15, 0.2) is 5.02 Å². The Kier molecular flexibility index (Phi) is 6.46. The summed E-state index contributed by atoms with van der Waals surface area (Å²) in [4.78, 5) is 24.0. The van der Waals surface area contributed by atoms with E-state index in [1.807, 2.05) is 6.07 Å². The molecule has 1 unspecified atom stereocenters. The first-order valence-corrected chi connectivity index (χ1v) is 8.59.